The molecule has 0 aliphatic rings. The molecule has 1 heterocycles. The van der Waals surface area contributed by atoms with Gasteiger partial charge in [-0.2, -0.15) is 0 Å². The van der Waals surface area contributed by atoms with Crippen molar-refractivity contribution in [2.75, 3.05) is 7.11 Å². The predicted octanol–water partition coefficient (Wildman–Crippen LogP) is 3.00. The first-order valence-corrected chi connectivity index (χ1v) is 8.54. The van der Waals surface area contributed by atoms with Crippen molar-refractivity contribution in [3.63, 3.8) is 0 Å². The number of sulfonamides is 1. The normalized spacial score (nSPS) is 11.5. The van der Waals surface area contributed by atoms with Gasteiger partial charge in [-0.3, -0.25) is 0 Å². The molecule has 0 amide bonds. The summed E-state index contributed by atoms with van der Waals surface area (Å²) >= 11 is 4.40. The predicted molar refractivity (Wildman–Crippen MR) is 79.0 cm³/mol. The summed E-state index contributed by atoms with van der Waals surface area (Å²) in [6.07, 6.45) is 0. The average molecular weight is 362 g/mol. The molecule has 4 nitrogen and oxygen atoms in total. The molecule has 0 saturated heterocycles. The first-order chi connectivity index (χ1) is 9.03. The number of halogens is 1. The highest BCUT2D eigenvalue weighted by atomic mass is 79.9. The highest BCUT2D eigenvalue weighted by molar-refractivity contribution is 9.10. The Hall–Kier alpha value is -0.890. The molecule has 0 aliphatic heterocycles. The maximum Gasteiger partial charge on any atom is 0.251 e. The largest absolute Gasteiger partial charge is 0.497 e. The molecule has 0 fully saturated rings. The zero-order valence-corrected chi connectivity index (χ0v) is 13.3. The van der Waals surface area contributed by atoms with E-state index in [2.05, 4.69) is 20.7 Å². The lowest BCUT2D eigenvalue weighted by molar-refractivity contribution is 0.414. The number of benzene rings is 1. The molecule has 1 aromatic heterocycles. The van der Waals surface area contributed by atoms with Gasteiger partial charge in [-0.1, -0.05) is 12.1 Å². The third-order valence-corrected chi connectivity index (χ3v) is 6.53. The smallest absolute Gasteiger partial charge is 0.251 e. The van der Waals surface area contributed by atoms with Crippen molar-refractivity contribution in [1.82, 2.24) is 4.72 Å². The third-order valence-electron chi connectivity index (χ3n) is 2.45. The molecular weight excluding hydrogens is 350 g/mol. The van der Waals surface area contributed by atoms with Crippen LogP contribution in [0.4, 0.5) is 0 Å². The van der Waals surface area contributed by atoms with Crippen LogP contribution < -0.4 is 9.46 Å². The molecule has 19 heavy (non-hydrogen) atoms. The molecule has 1 N–H and O–H groups in total. The Labute approximate surface area is 124 Å². The van der Waals surface area contributed by atoms with Gasteiger partial charge >= 0.3 is 0 Å². The summed E-state index contributed by atoms with van der Waals surface area (Å²) in [6, 6.07) is 8.96. The van der Waals surface area contributed by atoms with Crippen molar-refractivity contribution >= 4 is 37.3 Å². The van der Waals surface area contributed by atoms with Crippen LogP contribution in [0, 0.1) is 0 Å². The molecule has 2 aromatic rings. The molecule has 0 aliphatic carbocycles. The number of ether oxygens (including phenoxy) is 1. The Morgan fingerprint density at radius 1 is 1.26 bits per heavy atom. The molecule has 2 rings (SSSR count). The molecular formula is C12H12BrNO3S2. The Kier molecular flexibility index (Phi) is 4.62. The molecule has 0 saturated carbocycles. The third kappa shape index (κ3) is 3.56. The van der Waals surface area contributed by atoms with Crippen molar-refractivity contribution in [2.45, 2.75) is 10.8 Å². The maximum atomic E-state index is 12.1. The topological polar surface area (TPSA) is 55.4 Å². The number of hydrogen-bond acceptors (Lipinski definition) is 4. The Morgan fingerprint density at radius 3 is 2.47 bits per heavy atom. The number of methoxy groups -OCH3 is 1. The van der Waals surface area contributed by atoms with Crippen molar-refractivity contribution in [3.05, 3.63) is 45.7 Å². The van der Waals surface area contributed by atoms with E-state index in [4.69, 9.17) is 4.74 Å². The van der Waals surface area contributed by atoms with Gasteiger partial charge in [-0.15, -0.1) is 11.3 Å². The second kappa shape index (κ2) is 6.04. The van der Waals surface area contributed by atoms with E-state index in [1.54, 1.807) is 30.7 Å². The monoisotopic (exact) mass is 361 g/mol. The molecule has 1 aromatic carbocycles. The maximum absolute atomic E-state index is 12.1. The highest BCUT2D eigenvalue weighted by Crippen LogP contribution is 2.27. The Balaban J connectivity index is 2.07. The lowest BCUT2D eigenvalue weighted by Gasteiger charge is -2.06. The number of nitrogens with one attached hydrogen (secondary N) is 1. The van der Waals surface area contributed by atoms with Gasteiger partial charge in [0.25, 0.3) is 10.0 Å². The van der Waals surface area contributed by atoms with Crippen LogP contribution >= 0.6 is 27.3 Å². The quantitative estimate of drug-likeness (QED) is 0.890. The van der Waals surface area contributed by atoms with Crippen LogP contribution in [0.1, 0.15) is 5.56 Å². The van der Waals surface area contributed by atoms with Gasteiger partial charge < -0.3 is 4.74 Å². The standard InChI is InChI=1S/C12H12BrNO3S2/c1-17-10-4-2-9(3-5-10)8-14-19(15,16)12-11(13)6-7-18-12/h2-7,14H,8H2,1H3. The van der Waals surface area contributed by atoms with Crippen molar-refractivity contribution < 1.29 is 13.2 Å². The van der Waals surface area contributed by atoms with Crippen molar-refractivity contribution in [1.29, 1.82) is 0 Å². The number of hydrogen-bond donors (Lipinski definition) is 1. The second-order valence-electron chi connectivity index (χ2n) is 3.73. The summed E-state index contributed by atoms with van der Waals surface area (Å²) in [5, 5.41) is 1.73. The SMILES string of the molecule is COc1ccc(CNS(=O)(=O)c2sccc2Br)cc1. The molecule has 0 spiro atoms. The lowest BCUT2D eigenvalue weighted by atomic mass is 10.2. The van der Waals surface area contributed by atoms with E-state index in [0.717, 1.165) is 11.3 Å². The summed E-state index contributed by atoms with van der Waals surface area (Å²) in [6.45, 7) is 0.247. The number of rotatable bonds is 5. The lowest BCUT2D eigenvalue weighted by Crippen LogP contribution is -2.22. The van der Waals surface area contributed by atoms with Crippen LogP contribution in [0.2, 0.25) is 0 Å². The van der Waals surface area contributed by atoms with E-state index in [0.29, 0.717) is 8.68 Å². The van der Waals surface area contributed by atoms with Gasteiger partial charge in [0.05, 0.1) is 7.11 Å². The second-order valence-corrected chi connectivity index (χ2v) is 7.46. The van der Waals surface area contributed by atoms with Crippen molar-refractivity contribution in [2.24, 2.45) is 0 Å². The van der Waals surface area contributed by atoms with Gasteiger partial charge in [-0.05, 0) is 45.1 Å². The van der Waals surface area contributed by atoms with Gasteiger partial charge in [0, 0.05) is 11.0 Å². The van der Waals surface area contributed by atoms with Gasteiger partial charge in [0.1, 0.15) is 9.96 Å². The fourth-order valence-corrected chi connectivity index (χ4v) is 4.86. The summed E-state index contributed by atoms with van der Waals surface area (Å²) in [7, 11) is -1.88. The van der Waals surface area contributed by atoms with E-state index >= 15 is 0 Å². The number of thiophene rings is 1. The molecule has 0 radical (unpaired) electrons. The first-order valence-electron chi connectivity index (χ1n) is 5.38. The minimum absolute atomic E-state index is 0.247. The molecule has 0 atom stereocenters. The molecule has 102 valence electrons. The summed E-state index contributed by atoms with van der Waals surface area (Å²) in [4.78, 5) is 0. The Bertz CT molecular complexity index is 650. The van der Waals surface area contributed by atoms with Crippen LogP contribution in [0.5, 0.6) is 5.75 Å². The molecule has 0 bridgehead atoms. The fourth-order valence-electron chi connectivity index (χ4n) is 1.46. The van der Waals surface area contributed by atoms with Crippen LogP contribution in [0.3, 0.4) is 0 Å². The van der Waals surface area contributed by atoms with Gasteiger partial charge in [0.2, 0.25) is 0 Å². The van der Waals surface area contributed by atoms with E-state index in [-0.39, 0.29) is 6.54 Å². The Morgan fingerprint density at radius 2 is 1.95 bits per heavy atom. The van der Waals surface area contributed by atoms with Crippen molar-refractivity contribution in [3.8, 4) is 5.75 Å². The van der Waals surface area contributed by atoms with Gasteiger partial charge in [0.15, 0.2) is 0 Å². The summed E-state index contributed by atoms with van der Waals surface area (Å²) < 4.78 is 32.6. The van der Waals surface area contributed by atoms with E-state index in [1.165, 1.54) is 11.3 Å². The van der Waals surface area contributed by atoms with E-state index in [9.17, 15) is 8.42 Å². The minimum atomic E-state index is -3.47. The zero-order valence-electron chi connectivity index (χ0n) is 10.1. The summed E-state index contributed by atoms with van der Waals surface area (Å²) in [5.41, 5.74) is 0.872. The highest BCUT2D eigenvalue weighted by Gasteiger charge is 2.18. The van der Waals surface area contributed by atoms with E-state index < -0.39 is 10.0 Å². The van der Waals surface area contributed by atoms with Gasteiger partial charge in [-0.25, -0.2) is 13.1 Å². The van der Waals surface area contributed by atoms with Crippen LogP contribution in [0.25, 0.3) is 0 Å². The zero-order chi connectivity index (χ0) is 13.9. The fraction of sp³-hybridized carbons (Fsp3) is 0.167. The van der Waals surface area contributed by atoms with Crippen LogP contribution in [-0.4, -0.2) is 15.5 Å². The average Bonchev–Trinajstić information content (AvgIpc) is 2.84. The van der Waals surface area contributed by atoms with Crippen LogP contribution in [-0.2, 0) is 16.6 Å². The van der Waals surface area contributed by atoms with E-state index in [1.807, 2.05) is 12.1 Å². The molecule has 7 heteroatoms. The first kappa shape index (κ1) is 14.5. The summed E-state index contributed by atoms with van der Waals surface area (Å²) in [5.74, 6) is 0.743. The van der Waals surface area contributed by atoms with Crippen LogP contribution in [0.15, 0.2) is 44.4 Å². The minimum Gasteiger partial charge on any atom is -0.497 e. The molecule has 0 unspecified atom stereocenters.